The lowest BCUT2D eigenvalue weighted by Gasteiger charge is -2.33. The number of anilines is 1. The lowest BCUT2D eigenvalue weighted by Crippen LogP contribution is -2.41. The van der Waals surface area contributed by atoms with Gasteiger partial charge in [0.15, 0.2) is 5.58 Å². The molecule has 0 amide bonds. The van der Waals surface area contributed by atoms with Gasteiger partial charge in [-0.1, -0.05) is 32.3 Å². The minimum atomic E-state index is 0.534. The summed E-state index contributed by atoms with van der Waals surface area (Å²) in [5, 5.41) is 0. The number of hydrazine groups is 1. The van der Waals surface area contributed by atoms with Gasteiger partial charge in [-0.25, -0.2) is 5.43 Å². The van der Waals surface area contributed by atoms with E-state index in [-0.39, 0.29) is 0 Å². The zero-order chi connectivity index (χ0) is 16.1. The van der Waals surface area contributed by atoms with Crippen molar-refractivity contribution in [2.24, 2.45) is 0 Å². The molecule has 1 aliphatic carbocycles. The molecular weight excluding hydrogens is 288 g/mol. The number of aromatic nitrogens is 1. The smallest absolute Gasteiger partial charge is 0.310 e. The molecule has 0 unspecified atom stereocenters. The molecule has 1 fully saturated rings. The van der Waals surface area contributed by atoms with Crippen LogP contribution < -0.4 is 10.9 Å². The molecule has 23 heavy (non-hydrogen) atoms. The van der Waals surface area contributed by atoms with Gasteiger partial charge >= 0.3 is 6.01 Å². The molecule has 0 spiro atoms. The van der Waals surface area contributed by atoms with Crippen LogP contribution in [0.5, 0.6) is 0 Å². The Bertz CT molecular complexity index is 619. The summed E-state index contributed by atoms with van der Waals surface area (Å²) in [6.07, 6.45) is 6.88. The van der Waals surface area contributed by atoms with Crippen molar-refractivity contribution in [3.05, 3.63) is 23.8 Å². The van der Waals surface area contributed by atoms with Crippen LogP contribution in [0, 0.1) is 6.92 Å². The van der Waals surface area contributed by atoms with Crippen LogP contribution in [0.4, 0.5) is 6.01 Å². The molecule has 0 aliphatic heterocycles. The third kappa shape index (κ3) is 4.24. The molecule has 1 heterocycles. The van der Waals surface area contributed by atoms with E-state index in [1.54, 1.807) is 0 Å². The maximum absolute atomic E-state index is 5.67. The first kappa shape index (κ1) is 16.3. The SMILES string of the molecule is CCN(CCNNc1nc2cc(C)ccc2o1)C1CCCCC1. The summed E-state index contributed by atoms with van der Waals surface area (Å²) in [5.41, 5.74) is 9.22. The second-order valence-corrected chi connectivity index (χ2v) is 6.46. The maximum Gasteiger partial charge on any atom is 0.310 e. The average Bonchev–Trinajstić information content (AvgIpc) is 2.97. The quantitative estimate of drug-likeness (QED) is 0.602. The van der Waals surface area contributed by atoms with Crippen LogP contribution in [-0.4, -0.2) is 35.6 Å². The van der Waals surface area contributed by atoms with Crippen molar-refractivity contribution in [1.82, 2.24) is 15.3 Å². The van der Waals surface area contributed by atoms with Crippen LogP contribution in [0.2, 0.25) is 0 Å². The van der Waals surface area contributed by atoms with Gasteiger partial charge in [-0.2, -0.15) is 4.98 Å². The van der Waals surface area contributed by atoms with Gasteiger partial charge in [0, 0.05) is 19.1 Å². The zero-order valence-electron chi connectivity index (χ0n) is 14.3. The second-order valence-electron chi connectivity index (χ2n) is 6.46. The van der Waals surface area contributed by atoms with E-state index < -0.39 is 0 Å². The number of aryl methyl sites for hydroxylation is 1. The van der Waals surface area contributed by atoms with E-state index in [0.717, 1.165) is 36.8 Å². The van der Waals surface area contributed by atoms with E-state index >= 15 is 0 Å². The lowest BCUT2D eigenvalue weighted by molar-refractivity contribution is 0.165. The van der Waals surface area contributed by atoms with Crippen LogP contribution in [0.25, 0.3) is 11.1 Å². The van der Waals surface area contributed by atoms with Crippen molar-refractivity contribution in [3.63, 3.8) is 0 Å². The number of rotatable bonds is 7. The first-order valence-corrected chi connectivity index (χ1v) is 8.86. The number of benzene rings is 1. The fraction of sp³-hybridized carbons (Fsp3) is 0.611. The Morgan fingerprint density at radius 1 is 1.26 bits per heavy atom. The maximum atomic E-state index is 5.67. The third-order valence-electron chi connectivity index (χ3n) is 4.76. The highest BCUT2D eigenvalue weighted by Gasteiger charge is 2.19. The molecule has 2 aromatic rings. The molecule has 1 aromatic heterocycles. The molecule has 0 saturated heterocycles. The Hall–Kier alpha value is -1.59. The summed E-state index contributed by atoms with van der Waals surface area (Å²) in [4.78, 5) is 7.03. The molecular formula is C18H28N4O. The minimum Gasteiger partial charge on any atom is -0.423 e. The summed E-state index contributed by atoms with van der Waals surface area (Å²) in [6.45, 7) is 7.36. The first-order valence-electron chi connectivity index (χ1n) is 8.86. The molecule has 126 valence electrons. The Morgan fingerprint density at radius 2 is 2.09 bits per heavy atom. The van der Waals surface area contributed by atoms with Gasteiger partial charge in [-0.05, 0) is 44.0 Å². The predicted molar refractivity (Wildman–Crippen MR) is 94.5 cm³/mol. The van der Waals surface area contributed by atoms with E-state index in [0.29, 0.717) is 6.01 Å². The summed E-state index contributed by atoms with van der Waals surface area (Å²) in [7, 11) is 0. The van der Waals surface area contributed by atoms with Crippen molar-refractivity contribution in [2.45, 2.75) is 52.0 Å². The van der Waals surface area contributed by atoms with Crippen LogP contribution >= 0.6 is 0 Å². The first-order chi connectivity index (χ1) is 11.3. The van der Waals surface area contributed by atoms with Crippen LogP contribution in [0.1, 0.15) is 44.6 Å². The standard InChI is InChI=1S/C18H28N4O/c1-3-22(15-7-5-4-6-8-15)12-11-19-21-18-20-16-13-14(2)9-10-17(16)23-18/h9-10,13,15,19H,3-8,11-12H2,1-2H3,(H,20,21). The zero-order valence-corrected chi connectivity index (χ0v) is 14.3. The van der Waals surface area contributed by atoms with Crippen molar-refractivity contribution in [2.75, 3.05) is 25.1 Å². The van der Waals surface area contributed by atoms with E-state index in [1.165, 1.54) is 37.7 Å². The number of hydrogen-bond donors (Lipinski definition) is 2. The van der Waals surface area contributed by atoms with E-state index in [4.69, 9.17) is 4.42 Å². The highest BCUT2D eigenvalue weighted by molar-refractivity contribution is 5.75. The number of oxazole rings is 1. The molecule has 3 rings (SSSR count). The van der Waals surface area contributed by atoms with E-state index in [2.05, 4.69) is 34.6 Å². The molecule has 0 atom stereocenters. The van der Waals surface area contributed by atoms with E-state index in [9.17, 15) is 0 Å². The summed E-state index contributed by atoms with van der Waals surface area (Å²) in [6, 6.07) is 7.33. The fourth-order valence-corrected chi connectivity index (χ4v) is 3.47. The Balaban J connectivity index is 1.46. The van der Waals surface area contributed by atoms with E-state index in [1.807, 2.05) is 18.2 Å². The lowest BCUT2D eigenvalue weighted by atomic mass is 9.94. The molecule has 0 radical (unpaired) electrons. The molecule has 0 bridgehead atoms. The molecule has 1 aliphatic rings. The fourth-order valence-electron chi connectivity index (χ4n) is 3.47. The highest BCUT2D eigenvalue weighted by Crippen LogP contribution is 2.22. The van der Waals surface area contributed by atoms with Gasteiger partial charge in [0.1, 0.15) is 5.52 Å². The molecule has 5 heteroatoms. The van der Waals surface area contributed by atoms with Gasteiger partial charge in [0.05, 0.1) is 0 Å². The number of nitrogens with zero attached hydrogens (tertiary/aromatic N) is 2. The Kier molecular flexibility index (Phi) is 5.51. The summed E-state index contributed by atoms with van der Waals surface area (Å²) < 4.78 is 5.67. The van der Waals surface area contributed by atoms with Gasteiger partial charge in [-0.3, -0.25) is 10.3 Å². The summed E-state index contributed by atoms with van der Waals surface area (Å²) >= 11 is 0. The van der Waals surface area contributed by atoms with Crippen molar-refractivity contribution >= 4 is 17.1 Å². The number of nitrogens with one attached hydrogen (secondary N) is 2. The van der Waals surface area contributed by atoms with Gasteiger partial charge < -0.3 is 4.42 Å². The van der Waals surface area contributed by atoms with Gasteiger partial charge in [0.2, 0.25) is 0 Å². The summed E-state index contributed by atoms with van der Waals surface area (Å²) in [5.74, 6) is 0. The predicted octanol–water partition coefficient (Wildman–Crippen LogP) is 3.71. The minimum absolute atomic E-state index is 0.534. The largest absolute Gasteiger partial charge is 0.423 e. The topological polar surface area (TPSA) is 53.3 Å². The molecule has 1 aromatic carbocycles. The second kappa shape index (κ2) is 7.79. The number of likely N-dealkylation sites (N-methyl/N-ethyl adjacent to an activating group) is 1. The van der Waals surface area contributed by atoms with Gasteiger partial charge in [-0.15, -0.1) is 0 Å². The molecule has 5 nitrogen and oxygen atoms in total. The Morgan fingerprint density at radius 3 is 2.87 bits per heavy atom. The van der Waals surface area contributed by atoms with Crippen molar-refractivity contribution < 1.29 is 4.42 Å². The van der Waals surface area contributed by atoms with Crippen LogP contribution in [-0.2, 0) is 0 Å². The van der Waals surface area contributed by atoms with Crippen LogP contribution in [0.15, 0.2) is 22.6 Å². The average molecular weight is 316 g/mol. The monoisotopic (exact) mass is 316 g/mol. The number of hydrogen-bond acceptors (Lipinski definition) is 5. The van der Waals surface area contributed by atoms with Gasteiger partial charge in [0.25, 0.3) is 0 Å². The highest BCUT2D eigenvalue weighted by atomic mass is 16.4. The van der Waals surface area contributed by atoms with Crippen molar-refractivity contribution in [1.29, 1.82) is 0 Å². The van der Waals surface area contributed by atoms with Crippen molar-refractivity contribution in [3.8, 4) is 0 Å². The van der Waals surface area contributed by atoms with Crippen LogP contribution in [0.3, 0.4) is 0 Å². The normalized spacial score (nSPS) is 16.3. The number of fused-ring (bicyclic) bond motifs is 1. The third-order valence-corrected chi connectivity index (χ3v) is 4.76. The Labute approximate surface area is 138 Å². The molecule has 2 N–H and O–H groups in total. The molecule has 1 saturated carbocycles.